The van der Waals surface area contributed by atoms with Crippen LogP contribution < -0.4 is 4.90 Å². The summed E-state index contributed by atoms with van der Waals surface area (Å²) >= 11 is 3.37. The average molecular weight is 305 g/mol. The number of nitrogens with zero attached hydrogens (tertiary/aromatic N) is 6. The quantitative estimate of drug-likeness (QED) is 0.838. The van der Waals surface area contributed by atoms with Gasteiger partial charge in [-0.1, -0.05) is 0 Å². The fraction of sp³-hybridized carbons (Fsp3) is 0.273. The van der Waals surface area contributed by atoms with Crippen LogP contribution in [-0.2, 0) is 0 Å². The summed E-state index contributed by atoms with van der Waals surface area (Å²) in [6, 6.07) is 4.13. The Morgan fingerprint density at radius 2 is 2.28 bits per heavy atom. The fourth-order valence-electron chi connectivity index (χ4n) is 1.96. The number of hydrogen-bond donors (Lipinski definition) is 0. The van der Waals surface area contributed by atoms with Crippen LogP contribution >= 0.6 is 15.9 Å². The van der Waals surface area contributed by atoms with E-state index in [-0.39, 0.29) is 0 Å². The zero-order chi connectivity index (χ0) is 12.5. The van der Waals surface area contributed by atoms with Crippen molar-refractivity contribution in [3.8, 4) is 6.07 Å². The van der Waals surface area contributed by atoms with Gasteiger partial charge in [0.15, 0.2) is 5.82 Å². The Morgan fingerprint density at radius 3 is 2.94 bits per heavy atom. The van der Waals surface area contributed by atoms with Gasteiger partial charge in [0.25, 0.3) is 0 Å². The Hall–Kier alpha value is -1.94. The molecule has 7 heteroatoms. The zero-order valence-electron chi connectivity index (χ0n) is 9.36. The van der Waals surface area contributed by atoms with E-state index in [0.29, 0.717) is 17.4 Å². The summed E-state index contributed by atoms with van der Waals surface area (Å²) in [6.07, 6.45) is 5.25. The lowest BCUT2D eigenvalue weighted by molar-refractivity contribution is 0.365. The second-order valence-electron chi connectivity index (χ2n) is 4.08. The molecule has 1 aliphatic heterocycles. The van der Waals surface area contributed by atoms with E-state index < -0.39 is 0 Å². The van der Waals surface area contributed by atoms with Gasteiger partial charge in [-0.15, -0.1) is 5.10 Å². The van der Waals surface area contributed by atoms with Crippen LogP contribution in [0.25, 0.3) is 0 Å². The van der Waals surface area contributed by atoms with E-state index in [2.05, 4.69) is 37.3 Å². The molecule has 90 valence electrons. The molecule has 3 heterocycles. The van der Waals surface area contributed by atoms with Crippen molar-refractivity contribution in [3.05, 3.63) is 34.7 Å². The topological polar surface area (TPSA) is 70.6 Å². The predicted molar refractivity (Wildman–Crippen MR) is 67.9 cm³/mol. The molecule has 0 spiro atoms. The van der Waals surface area contributed by atoms with Crippen LogP contribution in [0.1, 0.15) is 11.6 Å². The minimum atomic E-state index is 0.324. The lowest BCUT2D eigenvalue weighted by Crippen LogP contribution is -2.48. The Morgan fingerprint density at radius 1 is 1.44 bits per heavy atom. The number of rotatable bonds is 2. The lowest BCUT2D eigenvalue weighted by atomic mass is 10.1. The fourth-order valence-corrected chi connectivity index (χ4v) is 2.26. The second kappa shape index (κ2) is 4.38. The van der Waals surface area contributed by atoms with Gasteiger partial charge in [0.05, 0.1) is 28.5 Å². The highest BCUT2D eigenvalue weighted by Gasteiger charge is 2.31. The molecule has 0 amide bonds. The molecule has 6 nitrogen and oxygen atoms in total. The Labute approximate surface area is 112 Å². The Bertz CT molecular complexity index is 610. The van der Waals surface area contributed by atoms with Crippen LogP contribution in [0.3, 0.4) is 0 Å². The maximum atomic E-state index is 9.00. The molecule has 0 bridgehead atoms. The highest BCUT2D eigenvalue weighted by Crippen LogP contribution is 2.28. The number of anilines is 1. The molecule has 0 radical (unpaired) electrons. The third-order valence-corrected chi connectivity index (χ3v) is 3.34. The summed E-state index contributed by atoms with van der Waals surface area (Å²) in [5.74, 6) is 0.655. The summed E-state index contributed by atoms with van der Waals surface area (Å²) in [5.41, 5.74) is 0.560. The molecule has 2 aromatic rings. The van der Waals surface area contributed by atoms with Crippen molar-refractivity contribution < 1.29 is 0 Å². The van der Waals surface area contributed by atoms with Gasteiger partial charge in [-0.2, -0.15) is 15.5 Å². The smallest absolute Gasteiger partial charge is 0.169 e. The minimum absolute atomic E-state index is 0.324. The highest BCUT2D eigenvalue weighted by atomic mass is 79.9. The number of hydrogen-bond acceptors (Lipinski definition) is 5. The molecule has 0 atom stereocenters. The first-order chi connectivity index (χ1) is 8.78. The maximum Gasteiger partial charge on any atom is 0.169 e. The number of halogens is 1. The third-order valence-electron chi connectivity index (χ3n) is 2.93. The molecular weight excluding hydrogens is 296 g/mol. The van der Waals surface area contributed by atoms with Gasteiger partial charge in [0, 0.05) is 19.3 Å². The van der Waals surface area contributed by atoms with Crippen molar-refractivity contribution in [2.75, 3.05) is 18.0 Å². The Kier molecular flexibility index (Phi) is 2.72. The highest BCUT2D eigenvalue weighted by molar-refractivity contribution is 9.10. The molecule has 1 saturated heterocycles. The summed E-state index contributed by atoms with van der Waals surface area (Å²) < 4.78 is 2.89. The monoisotopic (exact) mass is 304 g/mol. The number of aromatic nitrogens is 4. The van der Waals surface area contributed by atoms with Crippen LogP contribution in [0.4, 0.5) is 5.82 Å². The van der Waals surface area contributed by atoms with E-state index >= 15 is 0 Å². The van der Waals surface area contributed by atoms with Crippen LogP contribution in [0.2, 0.25) is 0 Å². The van der Waals surface area contributed by atoms with E-state index in [1.807, 2.05) is 15.8 Å². The minimum Gasteiger partial charge on any atom is -0.350 e. The van der Waals surface area contributed by atoms with Crippen LogP contribution in [0, 0.1) is 11.3 Å². The lowest BCUT2D eigenvalue weighted by Gasteiger charge is -2.39. The maximum absolute atomic E-state index is 9.00. The first kappa shape index (κ1) is 11.2. The van der Waals surface area contributed by atoms with E-state index in [9.17, 15) is 0 Å². The molecule has 2 aromatic heterocycles. The normalized spacial score (nSPS) is 15.2. The standard InChI is InChI=1S/C11H9BrN6/c12-9-4-15-18(5-9)10-6-17(7-10)11-8(3-13)1-2-14-16-11/h1-2,4-5,10H,6-7H2. The van der Waals surface area contributed by atoms with Gasteiger partial charge in [-0.05, 0) is 22.0 Å². The average Bonchev–Trinajstić information content (AvgIpc) is 2.74. The van der Waals surface area contributed by atoms with Crippen molar-refractivity contribution in [3.63, 3.8) is 0 Å². The van der Waals surface area contributed by atoms with Crippen molar-refractivity contribution in [2.45, 2.75) is 6.04 Å². The van der Waals surface area contributed by atoms with Gasteiger partial charge in [0.2, 0.25) is 0 Å². The molecule has 18 heavy (non-hydrogen) atoms. The van der Waals surface area contributed by atoms with E-state index in [1.54, 1.807) is 12.3 Å². The van der Waals surface area contributed by atoms with Crippen molar-refractivity contribution >= 4 is 21.7 Å². The van der Waals surface area contributed by atoms with Crippen molar-refractivity contribution in [2.24, 2.45) is 0 Å². The van der Waals surface area contributed by atoms with Gasteiger partial charge in [-0.3, -0.25) is 4.68 Å². The molecule has 0 N–H and O–H groups in total. The summed E-state index contributed by atoms with van der Waals surface area (Å²) in [4.78, 5) is 2.03. The second-order valence-corrected chi connectivity index (χ2v) is 4.99. The Balaban J connectivity index is 1.74. The van der Waals surface area contributed by atoms with Crippen LogP contribution in [0.5, 0.6) is 0 Å². The van der Waals surface area contributed by atoms with Gasteiger partial charge in [0.1, 0.15) is 6.07 Å². The summed E-state index contributed by atoms with van der Waals surface area (Å²) in [7, 11) is 0. The van der Waals surface area contributed by atoms with Crippen molar-refractivity contribution in [1.82, 2.24) is 20.0 Å². The first-order valence-corrected chi connectivity index (χ1v) is 6.23. The summed E-state index contributed by atoms with van der Waals surface area (Å²) in [6.45, 7) is 1.59. The zero-order valence-corrected chi connectivity index (χ0v) is 10.9. The molecule has 3 rings (SSSR count). The van der Waals surface area contributed by atoms with Gasteiger partial charge >= 0.3 is 0 Å². The number of nitriles is 1. The van der Waals surface area contributed by atoms with E-state index in [0.717, 1.165) is 17.6 Å². The van der Waals surface area contributed by atoms with E-state index in [1.165, 1.54) is 6.20 Å². The first-order valence-electron chi connectivity index (χ1n) is 5.44. The molecule has 0 aliphatic carbocycles. The van der Waals surface area contributed by atoms with Crippen LogP contribution in [0.15, 0.2) is 29.1 Å². The van der Waals surface area contributed by atoms with Gasteiger partial charge < -0.3 is 4.90 Å². The largest absolute Gasteiger partial charge is 0.350 e. The van der Waals surface area contributed by atoms with Crippen LogP contribution in [-0.4, -0.2) is 33.1 Å². The predicted octanol–water partition coefficient (Wildman–Crippen LogP) is 1.37. The third kappa shape index (κ3) is 1.84. The van der Waals surface area contributed by atoms with Gasteiger partial charge in [-0.25, -0.2) is 0 Å². The molecule has 1 fully saturated rings. The molecule has 0 saturated carbocycles. The SMILES string of the molecule is N#Cc1ccnnc1N1CC(n2cc(Br)cn2)C1. The van der Waals surface area contributed by atoms with Crippen molar-refractivity contribution in [1.29, 1.82) is 5.26 Å². The molecular formula is C11H9BrN6. The van der Waals surface area contributed by atoms with E-state index in [4.69, 9.17) is 5.26 Å². The summed E-state index contributed by atoms with van der Waals surface area (Å²) in [5, 5.41) is 21.1. The molecule has 0 unspecified atom stereocenters. The molecule has 0 aromatic carbocycles. The molecule has 1 aliphatic rings.